The van der Waals surface area contributed by atoms with Crippen LogP contribution in [0.15, 0.2) is 6.20 Å². The number of aryl methyl sites for hydroxylation is 1. The minimum Gasteiger partial charge on any atom is -0.478 e. The Labute approximate surface area is 100 Å². The van der Waals surface area contributed by atoms with Crippen LogP contribution in [0.5, 0.6) is 0 Å². The van der Waals surface area contributed by atoms with Gasteiger partial charge in [-0.2, -0.15) is 5.10 Å². The van der Waals surface area contributed by atoms with Crippen molar-refractivity contribution < 1.29 is 15.0 Å². The molecule has 0 aliphatic heterocycles. The zero-order chi connectivity index (χ0) is 13.0. The van der Waals surface area contributed by atoms with Gasteiger partial charge in [-0.3, -0.25) is 9.58 Å². The van der Waals surface area contributed by atoms with E-state index in [9.17, 15) is 4.79 Å². The molecule has 0 aliphatic carbocycles. The van der Waals surface area contributed by atoms with Crippen molar-refractivity contribution in [2.45, 2.75) is 26.4 Å². The number of rotatable bonds is 6. The van der Waals surface area contributed by atoms with Crippen molar-refractivity contribution in [2.24, 2.45) is 7.05 Å². The van der Waals surface area contributed by atoms with Crippen LogP contribution in [0, 0.1) is 0 Å². The number of carbonyl (C=O) groups is 1. The van der Waals surface area contributed by atoms with E-state index in [2.05, 4.69) is 5.10 Å². The maximum Gasteiger partial charge on any atom is 0.339 e. The predicted octanol–water partition coefficient (Wildman–Crippen LogP) is 0.321. The molecule has 1 heterocycles. The van der Waals surface area contributed by atoms with Crippen LogP contribution in [0.1, 0.15) is 29.9 Å². The summed E-state index contributed by atoms with van der Waals surface area (Å²) in [5.74, 6) is -0.971. The fourth-order valence-corrected chi connectivity index (χ4v) is 1.67. The Kier molecular flexibility index (Phi) is 4.65. The van der Waals surface area contributed by atoms with E-state index < -0.39 is 5.97 Å². The molecule has 0 aromatic carbocycles. The van der Waals surface area contributed by atoms with Gasteiger partial charge < -0.3 is 10.2 Å². The van der Waals surface area contributed by atoms with Gasteiger partial charge in [0.25, 0.3) is 0 Å². The smallest absolute Gasteiger partial charge is 0.339 e. The lowest BCUT2D eigenvalue weighted by molar-refractivity contribution is 0.0693. The highest BCUT2D eigenvalue weighted by molar-refractivity contribution is 5.88. The maximum absolute atomic E-state index is 11.0. The molecule has 1 rings (SSSR count). The Hall–Kier alpha value is -1.40. The third-order valence-electron chi connectivity index (χ3n) is 2.76. The Morgan fingerprint density at radius 1 is 1.59 bits per heavy atom. The molecule has 17 heavy (non-hydrogen) atoms. The molecular weight excluding hydrogens is 222 g/mol. The number of hydrogen-bond donors (Lipinski definition) is 2. The first-order valence-electron chi connectivity index (χ1n) is 5.56. The largest absolute Gasteiger partial charge is 0.478 e. The molecular formula is C11H19N3O3. The molecule has 0 spiro atoms. The average Bonchev–Trinajstić information content (AvgIpc) is 2.59. The minimum atomic E-state index is -0.971. The maximum atomic E-state index is 11.0. The van der Waals surface area contributed by atoms with Gasteiger partial charge in [-0.25, -0.2) is 4.79 Å². The highest BCUT2D eigenvalue weighted by Crippen LogP contribution is 2.12. The second-order valence-corrected chi connectivity index (χ2v) is 4.22. The summed E-state index contributed by atoms with van der Waals surface area (Å²) < 4.78 is 1.57. The third-order valence-corrected chi connectivity index (χ3v) is 2.76. The van der Waals surface area contributed by atoms with Crippen molar-refractivity contribution in [3.8, 4) is 0 Å². The van der Waals surface area contributed by atoms with Crippen molar-refractivity contribution in [2.75, 3.05) is 13.2 Å². The Morgan fingerprint density at radius 2 is 2.24 bits per heavy atom. The lowest BCUT2D eigenvalue weighted by Crippen LogP contribution is -2.34. The first-order chi connectivity index (χ1) is 7.97. The third kappa shape index (κ3) is 3.28. The minimum absolute atomic E-state index is 0.0540. The second-order valence-electron chi connectivity index (χ2n) is 4.22. The van der Waals surface area contributed by atoms with Gasteiger partial charge in [0.15, 0.2) is 0 Å². The van der Waals surface area contributed by atoms with Gasteiger partial charge >= 0.3 is 5.97 Å². The van der Waals surface area contributed by atoms with Crippen molar-refractivity contribution in [1.82, 2.24) is 14.7 Å². The summed E-state index contributed by atoms with van der Waals surface area (Å²) in [5, 5.41) is 22.0. The van der Waals surface area contributed by atoms with E-state index in [1.54, 1.807) is 11.7 Å². The molecule has 6 heteroatoms. The number of aliphatic hydroxyl groups is 1. The quantitative estimate of drug-likeness (QED) is 0.750. The van der Waals surface area contributed by atoms with Crippen LogP contribution in [0.2, 0.25) is 0 Å². The highest BCUT2D eigenvalue weighted by atomic mass is 16.4. The van der Waals surface area contributed by atoms with E-state index in [4.69, 9.17) is 10.2 Å². The molecule has 0 unspecified atom stereocenters. The van der Waals surface area contributed by atoms with Crippen LogP contribution in [-0.4, -0.2) is 50.1 Å². The van der Waals surface area contributed by atoms with E-state index in [1.807, 2.05) is 18.7 Å². The van der Waals surface area contributed by atoms with E-state index in [0.717, 1.165) is 0 Å². The van der Waals surface area contributed by atoms with Crippen molar-refractivity contribution in [1.29, 1.82) is 0 Å². The number of carboxylic acids is 1. The molecule has 0 radical (unpaired) electrons. The topological polar surface area (TPSA) is 78.6 Å². The van der Waals surface area contributed by atoms with Gasteiger partial charge in [-0.05, 0) is 13.8 Å². The molecule has 0 amide bonds. The van der Waals surface area contributed by atoms with Crippen LogP contribution in [0.3, 0.4) is 0 Å². The number of hydrogen-bond acceptors (Lipinski definition) is 4. The summed E-state index contributed by atoms with van der Waals surface area (Å²) in [4.78, 5) is 13.0. The average molecular weight is 241 g/mol. The number of aliphatic hydroxyl groups excluding tert-OH is 1. The monoisotopic (exact) mass is 241 g/mol. The van der Waals surface area contributed by atoms with Crippen molar-refractivity contribution in [3.05, 3.63) is 17.5 Å². The van der Waals surface area contributed by atoms with Crippen LogP contribution >= 0.6 is 0 Å². The molecule has 0 atom stereocenters. The predicted molar refractivity (Wildman–Crippen MR) is 62.8 cm³/mol. The molecule has 6 nitrogen and oxygen atoms in total. The van der Waals surface area contributed by atoms with Crippen LogP contribution in [0.25, 0.3) is 0 Å². The van der Waals surface area contributed by atoms with Crippen LogP contribution < -0.4 is 0 Å². The fraction of sp³-hybridized carbons (Fsp3) is 0.636. The lowest BCUT2D eigenvalue weighted by Gasteiger charge is -2.25. The summed E-state index contributed by atoms with van der Waals surface area (Å²) >= 11 is 0. The molecule has 0 aliphatic rings. The second kappa shape index (κ2) is 5.79. The molecule has 1 aromatic rings. The first-order valence-corrected chi connectivity index (χ1v) is 5.56. The van der Waals surface area contributed by atoms with E-state index >= 15 is 0 Å². The first kappa shape index (κ1) is 13.7. The van der Waals surface area contributed by atoms with E-state index in [-0.39, 0.29) is 18.2 Å². The van der Waals surface area contributed by atoms with Gasteiger partial charge in [0, 0.05) is 26.2 Å². The van der Waals surface area contributed by atoms with Gasteiger partial charge in [0.2, 0.25) is 0 Å². The SMILES string of the molecule is CC(C)N(CCO)Cc1c(C(=O)O)cnn1C. The molecule has 2 N–H and O–H groups in total. The molecule has 0 fully saturated rings. The zero-order valence-electron chi connectivity index (χ0n) is 10.4. The van der Waals surface area contributed by atoms with Crippen molar-refractivity contribution in [3.63, 3.8) is 0 Å². The Balaban J connectivity index is 2.92. The number of aromatic carboxylic acids is 1. The number of aromatic nitrogens is 2. The Morgan fingerprint density at radius 3 is 2.71 bits per heavy atom. The normalized spacial score (nSPS) is 11.4. The lowest BCUT2D eigenvalue weighted by atomic mass is 10.2. The van der Waals surface area contributed by atoms with E-state index in [1.165, 1.54) is 6.20 Å². The Bertz CT molecular complexity index is 387. The molecule has 0 saturated heterocycles. The molecule has 0 bridgehead atoms. The van der Waals surface area contributed by atoms with Crippen LogP contribution in [-0.2, 0) is 13.6 Å². The van der Waals surface area contributed by atoms with Crippen LogP contribution in [0.4, 0.5) is 0 Å². The van der Waals surface area contributed by atoms with Gasteiger partial charge in [0.05, 0.1) is 18.5 Å². The van der Waals surface area contributed by atoms with E-state index in [0.29, 0.717) is 18.8 Å². The number of carboxylic acid groups (broad SMARTS) is 1. The van der Waals surface area contributed by atoms with Gasteiger partial charge in [0.1, 0.15) is 5.56 Å². The molecule has 96 valence electrons. The van der Waals surface area contributed by atoms with Gasteiger partial charge in [-0.15, -0.1) is 0 Å². The summed E-state index contributed by atoms with van der Waals surface area (Å²) in [6.45, 7) is 5.05. The summed E-state index contributed by atoms with van der Waals surface area (Å²) in [6, 6.07) is 0.235. The standard InChI is InChI=1S/C11H19N3O3/c1-8(2)14(4-5-15)7-10-9(11(16)17)6-12-13(10)3/h6,8,15H,4-5,7H2,1-3H3,(H,16,17). The fourth-order valence-electron chi connectivity index (χ4n) is 1.67. The van der Waals surface area contributed by atoms with Gasteiger partial charge in [-0.1, -0.05) is 0 Å². The summed E-state index contributed by atoms with van der Waals surface area (Å²) in [7, 11) is 1.72. The molecule has 1 aromatic heterocycles. The summed E-state index contributed by atoms with van der Waals surface area (Å²) in [5.41, 5.74) is 0.871. The highest BCUT2D eigenvalue weighted by Gasteiger charge is 2.19. The number of nitrogens with zero attached hydrogens (tertiary/aromatic N) is 3. The van der Waals surface area contributed by atoms with Crippen molar-refractivity contribution >= 4 is 5.97 Å². The summed E-state index contributed by atoms with van der Waals surface area (Å²) in [6.07, 6.45) is 1.36. The zero-order valence-corrected chi connectivity index (χ0v) is 10.4. The molecule has 0 saturated carbocycles.